The van der Waals surface area contributed by atoms with Crippen LogP contribution in [0.5, 0.6) is 0 Å². The van der Waals surface area contributed by atoms with Gasteiger partial charge in [0, 0.05) is 24.3 Å². The van der Waals surface area contributed by atoms with E-state index < -0.39 is 0 Å². The van der Waals surface area contributed by atoms with E-state index in [4.69, 9.17) is 15.0 Å². The van der Waals surface area contributed by atoms with Gasteiger partial charge in [-0.05, 0) is 56.4 Å². The summed E-state index contributed by atoms with van der Waals surface area (Å²) in [5, 5.41) is 4.08. The molecule has 112 valence electrons. The first-order valence-corrected chi connectivity index (χ1v) is 7.45. The zero-order valence-electron chi connectivity index (χ0n) is 12.6. The summed E-state index contributed by atoms with van der Waals surface area (Å²) in [4.78, 5) is 4.50. The van der Waals surface area contributed by atoms with Gasteiger partial charge in [0.05, 0.1) is 6.10 Å². The van der Waals surface area contributed by atoms with Crippen molar-refractivity contribution in [2.75, 3.05) is 12.3 Å². The highest BCUT2D eigenvalue weighted by molar-refractivity contribution is 5.66. The number of aryl methyl sites for hydroxylation is 1. The first-order chi connectivity index (χ1) is 10.1. The average molecular weight is 287 g/mol. The molecule has 1 fully saturated rings. The molecule has 3 rings (SSSR count). The third kappa shape index (κ3) is 3.08. The molecule has 0 aliphatic carbocycles. The number of nitrogens with zero attached hydrogens (tertiary/aromatic N) is 2. The van der Waals surface area contributed by atoms with E-state index in [9.17, 15) is 0 Å². The summed E-state index contributed by atoms with van der Waals surface area (Å²) in [6.07, 6.45) is 4.36. The summed E-state index contributed by atoms with van der Waals surface area (Å²) >= 11 is 0. The van der Waals surface area contributed by atoms with E-state index in [2.05, 4.69) is 10.1 Å². The van der Waals surface area contributed by atoms with Gasteiger partial charge < -0.3 is 15.0 Å². The standard InChI is InChI=1S/C16H21N3O2/c1-10-7-12(17)8-14(11(10)2)16-18-15(19-21-16)9-13-5-3-4-6-20-13/h7-8,13H,3-6,9,17H2,1-2H3. The highest BCUT2D eigenvalue weighted by Gasteiger charge is 2.19. The third-order valence-electron chi connectivity index (χ3n) is 4.07. The molecule has 1 aliphatic rings. The Morgan fingerprint density at radius 1 is 1.29 bits per heavy atom. The number of nitrogen functional groups attached to an aromatic ring is 1. The predicted octanol–water partition coefficient (Wildman–Crippen LogP) is 3.05. The largest absolute Gasteiger partial charge is 0.399 e. The minimum Gasteiger partial charge on any atom is -0.399 e. The van der Waals surface area contributed by atoms with Crippen LogP contribution in [0.25, 0.3) is 11.5 Å². The predicted molar refractivity (Wildman–Crippen MR) is 80.9 cm³/mol. The van der Waals surface area contributed by atoms with Crippen LogP contribution in [0.2, 0.25) is 0 Å². The van der Waals surface area contributed by atoms with Crippen molar-refractivity contribution in [3.8, 4) is 11.5 Å². The number of ether oxygens (including phenoxy) is 1. The lowest BCUT2D eigenvalue weighted by atomic mass is 10.0. The molecule has 1 aliphatic heterocycles. The molecule has 2 N–H and O–H groups in total. The lowest BCUT2D eigenvalue weighted by molar-refractivity contribution is 0.0153. The second-order valence-electron chi connectivity index (χ2n) is 5.72. The Bertz CT molecular complexity index is 630. The summed E-state index contributed by atoms with van der Waals surface area (Å²) in [6.45, 7) is 4.91. The van der Waals surface area contributed by atoms with Crippen molar-refractivity contribution in [3.63, 3.8) is 0 Å². The van der Waals surface area contributed by atoms with E-state index >= 15 is 0 Å². The highest BCUT2D eigenvalue weighted by Crippen LogP contribution is 2.27. The van der Waals surface area contributed by atoms with Crippen molar-refractivity contribution in [1.82, 2.24) is 10.1 Å². The van der Waals surface area contributed by atoms with E-state index in [1.165, 1.54) is 6.42 Å². The average Bonchev–Trinajstić information content (AvgIpc) is 2.92. The Hall–Kier alpha value is -1.88. The molecular weight excluding hydrogens is 266 g/mol. The van der Waals surface area contributed by atoms with Gasteiger partial charge in [-0.25, -0.2) is 0 Å². The maximum absolute atomic E-state index is 5.91. The number of aromatic nitrogens is 2. The van der Waals surface area contributed by atoms with Crippen LogP contribution in [0.15, 0.2) is 16.7 Å². The normalized spacial score (nSPS) is 18.9. The molecule has 1 saturated heterocycles. The molecular formula is C16H21N3O2. The van der Waals surface area contributed by atoms with E-state index in [-0.39, 0.29) is 6.10 Å². The van der Waals surface area contributed by atoms with Gasteiger partial charge in [-0.15, -0.1) is 0 Å². The lowest BCUT2D eigenvalue weighted by Crippen LogP contribution is -2.21. The van der Waals surface area contributed by atoms with E-state index in [0.717, 1.165) is 36.1 Å². The smallest absolute Gasteiger partial charge is 0.258 e. The minimum absolute atomic E-state index is 0.216. The van der Waals surface area contributed by atoms with E-state index in [0.29, 0.717) is 23.8 Å². The van der Waals surface area contributed by atoms with Gasteiger partial charge in [-0.3, -0.25) is 0 Å². The third-order valence-corrected chi connectivity index (χ3v) is 4.07. The molecule has 2 aromatic rings. The summed E-state index contributed by atoms with van der Waals surface area (Å²) in [6, 6.07) is 3.84. The minimum atomic E-state index is 0.216. The molecule has 1 atom stereocenters. The molecule has 0 saturated carbocycles. The van der Waals surface area contributed by atoms with Crippen LogP contribution < -0.4 is 5.73 Å². The summed E-state index contributed by atoms with van der Waals surface area (Å²) in [5.74, 6) is 1.24. The zero-order chi connectivity index (χ0) is 14.8. The fourth-order valence-electron chi connectivity index (χ4n) is 2.73. The quantitative estimate of drug-likeness (QED) is 0.878. The number of hydrogen-bond donors (Lipinski definition) is 1. The van der Waals surface area contributed by atoms with Crippen molar-refractivity contribution in [3.05, 3.63) is 29.1 Å². The van der Waals surface area contributed by atoms with Crippen LogP contribution in [0.4, 0.5) is 5.69 Å². The van der Waals surface area contributed by atoms with Gasteiger partial charge in [0.25, 0.3) is 5.89 Å². The van der Waals surface area contributed by atoms with Gasteiger partial charge in [-0.1, -0.05) is 5.16 Å². The molecule has 0 amide bonds. The van der Waals surface area contributed by atoms with Crippen molar-refractivity contribution < 1.29 is 9.26 Å². The molecule has 1 unspecified atom stereocenters. The topological polar surface area (TPSA) is 74.2 Å². The summed E-state index contributed by atoms with van der Waals surface area (Å²) < 4.78 is 11.1. The van der Waals surface area contributed by atoms with Crippen LogP contribution in [0.3, 0.4) is 0 Å². The van der Waals surface area contributed by atoms with E-state index in [1.807, 2.05) is 26.0 Å². The Morgan fingerprint density at radius 3 is 2.90 bits per heavy atom. The Labute approximate surface area is 124 Å². The van der Waals surface area contributed by atoms with Crippen LogP contribution in [-0.2, 0) is 11.2 Å². The second-order valence-corrected chi connectivity index (χ2v) is 5.72. The Morgan fingerprint density at radius 2 is 2.14 bits per heavy atom. The first-order valence-electron chi connectivity index (χ1n) is 7.45. The monoisotopic (exact) mass is 287 g/mol. The van der Waals surface area contributed by atoms with Crippen LogP contribution in [0.1, 0.15) is 36.2 Å². The molecule has 0 bridgehead atoms. The molecule has 1 aromatic carbocycles. The van der Waals surface area contributed by atoms with Crippen LogP contribution in [0, 0.1) is 13.8 Å². The number of rotatable bonds is 3. The number of hydrogen-bond acceptors (Lipinski definition) is 5. The van der Waals surface area contributed by atoms with Crippen LogP contribution in [-0.4, -0.2) is 22.9 Å². The molecule has 2 heterocycles. The van der Waals surface area contributed by atoms with Crippen molar-refractivity contribution in [2.45, 2.75) is 45.6 Å². The molecule has 0 radical (unpaired) electrons. The van der Waals surface area contributed by atoms with Crippen molar-refractivity contribution in [1.29, 1.82) is 0 Å². The molecule has 0 spiro atoms. The molecule has 21 heavy (non-hydrogen) atoms. The fraction of sp³-hybridized carbons (Fsp3) is 0.500. The van der Waals surface area contributed by atoms with E-state index in [1.54, 1.807) is 0 Å². The molecule has 1 aromatic heterocycles. The van der Waals surface area contributed by atoms with Gasteiger partial charge in [0.15, 0.2) is 5.82 Å². The number of anilines is 1. The van der Waals surface area contributed by atoms with Crippen molar-refractivity contribution >= 4 is 5.69 Å². The molecule has 5 nitrogen and oxygen atoms in total. The maximum Gasteiger partial charge on any atom is 0.258 e. The van der Waals surface area contributed by atoms with Gasteiger partial charge in [0.2, 0.25) is 0 Å². The fourth-order valence-corrected chi connectivity index (χ4v) is 2.73. The molecule has 5 heteroatoms. The Balaban J connectivity index is 1.81. The first kappa shape index (κ1) is 14.1. The summed E-state index contributed by atoms with van der Waals surface area (Å²) in [5.41, 5.74) is 9.78. The van der Waals surface area contributed by atoms with Gasteiger partial charge in [0.1, 0.15) is 0 Å². The Kier molecular flexibility index (Phi) is 3.92. The number of nitrogens with two attached hydrogens (primary N) is 1. The van der Waals surface area contributed by atoms with Gasteiger partial charge >= 0.3 is 0 Å². The zero-order valence-corrected chi connectivity index (χ0v) is 12.6. The lowest BCUT2D eigenvalue weighted by Gasteiger charge is -2.20. The maximum atomic E-state index is 5.91. The summed E-state index contributed by atoms with van der Waals surface area (Å²) in [7, 11) is 0. The SMILES string of the molecule is Cc1cc(N)cc(-c2nc(CC3CCCCO3)no2)c1C. The van der Waals surface area contributed by atoms with Crippen molar-refractivity contribution in [2.24, 2.45) is 0 Å². The second kappa shape index (κ2) is 5.85. The number of benzene rings is 1. The van der Waals surface area contributed by atoms with Gasteiger partial charge in [-0.2, -0.15) is 4.98 Å². The van der Waals surface area contributed by atoms with Crippen LogP contribution >= 0.6 is 0 Å². The highest BCUT2D eigenvalue weighted by atomic mass is 16.5.